The molecular formula is C27H40N4O4Si. The maximum absolute atomic E-state index is 12.5. The van der Waals surface area contributed by atoms with Crippen molar-refractivity contribution in [2.24, 2.45) is 0 Å². The molecule has 9 heteroatoms. The summed E-state index contributed by atoms with van der Waals surface area (Å²) < 4.78 is 18.9. The van der Waals surface area contributed by atoms with Crippen LogP contribution in [0.4, 0.5) is 4.79 Å². The molecule has 2 aliphatic rings. The van der Waals surface area contributed by atoms with Gasteiger partial charge in [0.05, 0.1) is 18.9 Å². The van der Waals surface area contributed by atoms with E-state index in [0.29, 0.717) is 32.8 Å². The summed E-state index contributed by atoms with van der Waals surface area (Å²) in [5.41, 5.74) is 4.73. The summed E-state index contributed by atoms with van der Waals surface area (Å²) in [7, 11) is -1.17. The van der Waals surface area contributed by atoms with Crippen LogP contribution < -0.4 is 0 Å². The molecule has 0 fully saturated rings. The fourth-order valence-corrected chi connectivity index (χ4v) is 5.01. The van der Waals surface area contributed by atoms with Crippen molar-refractivity contribution in [3.8, 4) is 0 Å². The molecule has 0 bridgehead atoms. The van der Waals surface area contributed by atoms with Crippen molar-refractivity contribution >= 4 is 36.3 Å². The first-order valence-electron chi connectivity index (χ1n) is 12.9. The van der Waals surface area contributed by atoms with Crippen molar-refractivity contribution in [3.63, 3.8) is 0 Å². The van der Waals surface area contributed by atoms with Crippen molar-refractivity contribution in [2.45, 2.75) is 71.6 Å². The van der Waals surface area contributed by atoms with Crippen molar-refractivity contribution < 1.29 is 19.0 Å². The zero-order valence-electron chi connectivity index (χ0n) is 22.6. The van der Waals surface area contributed by atoms with Gasteiger partial charge < -0.3 is 19.1 Å². The molecule has 0 radical (unpaired) electrons. The Kier molecular flexibility index (Phi) is 8.02. The van der Waals surface area contributed by atoms with Crippen LogP contribution in [0.3, 0.4) is 0 Å². The average molecular weight is 513 g/mol. The van der Waals surface area contributed by atoms with Crippen molar-refractivity contribution in [3.05, 3.63) is 35.7 Å². The Morgan fingerprint density at radius 3 is 2.61 bits per heavy atom. The minimum absolute atomic E-state index is 0.278. The monoisotopic (exact) mass is 512 g/mol. The minimum atomic E-state index is -1.17. The number of pyridine rings is 1. The summed E-state index contributed by atoms with van der Waals surface area (Å²) in [4.78, 5) is 19.1. The van der Waals surface area contributed by atoms with Crippen molar-refractivity contribution in [1.82, 2.24) is 19.7 Å². The third-order valence-electron chi connectivity index (χ3n) is 6.30. The second-order valence-corrected chi connectivity index (χ2v) is 17.4. The van der Waals surface area contributed by atoms with Crippen LogP contribution in [0.15, 0.2) is 24.4 Å². The van der Waals surface area contributed by atoms with E-state index in [1.54, 1.807) is 4.90 Å². The number of ether oxygens (including phenoxy) is 3. The lowest BCUT2D eigenvalue weighted by Gasteiger charge is -2.29. The van der Waals surface area contributed by atoms with E-state index in [-0.39, 0.29) is 6.09 Å². The van der Waals surface area contributed by atoms with Gasteiger partial charge in [-0.1, -0.05) is 31.8 Å². The van der Waals surface area contributed by atoms with Crippen LogP contribution in [-0.2, 0) is 20.9 Å². The van der Waals surface area contributed by atoms with Gasteiger partial charge >= 0.3 is 6.09 Å². The fraction of sp³-hybridized carbons (Fsp3) is 0.593. The van der Waals surface area contributed by atoms with Gasteiger partial charge in [-0.15, -0.1) is 0 Å². The molecule has 196 valence electrons. The second kappa shape index (κ2) is 10.9. The van der Waals surface area contributed by atoms with E-state index in [2.05, 4.69) is 37.9 Å². The Bertz CT molecular complexity index is 1160. The minimum Gasteiger partial charge on any atom is -0.444 e. The molecule has 0 saturated heterocycles. The van der Waals surface area contributed by atoms with Crippen LogP contribution in [0.5, 0.6) is 0 Å². The molecule has 36 heavy (non-hydrogen) atoms. The summed E-state index contributed by atoms with van der Waals surface area (Å²) in [6, 6.07) is 3.31. The molecule has 1 amide bonds. The smallest absolute Gasteiger partial charge is 0.410 e. The number of amides is 1. The Balaban J connectivity index is 1.60. The molecule has 2 aromatic heterocycles. The predicted molar refractivity (Wildman–Crippen MR) is 145 cm³/mol. The highest BCUT2D eigenvalue weighted by atomic mass is 28.3. The third-order valence-corrected chi connectivity index (χ3v) is 8.00. The predicted octanol–water partition coefficient (Wildman–Crippen LogP) is 5.57. The van der Waals surface area contributed by atoms with Gasteiger partial charge in [0.2, 0.25) is 0 Å². The molecule has 0 atom stereocenters. The number of hydrogen-bond acceptors (Lipinski definition) is 6. The van der Waals surface area contributed by atoms with Crippen LogP contribution in [0.25, 0.3) is 22.2 Å². The molecule has 0 spiro atoms. The van der Waals surface area contributed by atoms with Gasteiger partial charge in [0, 0.05) is 39.4 Å². The number of rotatable bonds is 7. The number of hydrogen-bond donors (Lipinski definition) is 0. The van der Waals surface area contributed by atoms with Crippen LogP contribution in [0.2, 0.25) is 25.7 Å². The molecule has 4 rings (SSSR count). The molecule has 2 aromatic rings. The molecule has 0 aliphatic carbocycles. The van der Waals surface area contributed by atoms with Gasteiger partial charge in [-0.3, -0.25) is 0 Å². The summed E-state index contributed by atoms with van der Waals surface area (Å²) in [5.74, 6) is 0. The zero-order chi connectivity index (χ0) is 25.9. The molecule has 0 saturated carbocycles. The summed E-state index contributed by atoms with van der Waals surface area (Å²) in [6.07, 6.45) is 7.47. The quantitative estimate of drug-likeness (QED) is 0.356. The van der Waals surface area contributed by atoms with E-state index in [0.717, 1.165) is 53.5 Å². The molecule has 0 aromatic carbocycles. The topological polar surface area (TPSA) is 78.7 Å². The number of carbonyl (C=O) groups is 1. The molecule has 8 nitrogen and oxygen atoms in total. The zero-order valence-corrected chi connectivity index (χ0v) is 23.6. The van der Waals surface area contributed by atoms with Gasteiger partial charge in [0.15, 0.2) is 5.65 Å². The summed E-state index contributed by atoms with van der Waals surface area (Å²) in [6.45, 7) is 16.3. The first-order chi connectivity index (χ1) is 17.0. The number of nitrogens with zero attached hydrogens (tertiary/aromatic N) is 4. The maximum Gasteiger partial charge on any atom is 0.410 e. The lowest BCUT2D eigenvalue weighted by Crippen LogP contribution is -2.39. The van der Waals surface area contributed by atoms with Crippen molar-refractivity contribution in [1.29, 1.82) is 0 Å². The first-order valence-corrected chi connectivity index (χ1v) is 16.6. The first kappa shape index (κ1) is 26.6. The van der Waals surface area contributed by atoms with E-state index in [1.165, 1.54) is 5.57 Å². The van der Waals surface area contributed by atoms with Gasteiger partial charge in [-0.05, 0) is 62.4 Å². The van der Waals surface area contributed by atoms with Crippen molar-refractivity contribution in [2.75, 3.05) is 32.9 Å². The molecule has 0 unspecified atom stereocenters. The Morgan fingerprint density at radius 1 is 1.17 bits per heavy atom. The Morgan fingerprint density at radius 2 is 1.97 bits per heavy atom. The highest BCUT2D eigenvalue weighted by Gasteiger charge is 2.26. The third kappa shape index (κ3) is 6.83. The highest BCUT2D eigenvalue weighted by Crippen LogP contribution is 2.31. The van der Waals surface area contributed by atoms with E-state index in [9.17, 15) is 4.79 Å². The lowest BCUT2D eigenvalue weighted by molar-refractivity contribution is 0.0270. The van der Waals surface area contributed by atoms with E-state index < -0.39 is 13.7 Å². The normalized spacial score (nSPS) is 17.2. The van der Waals surface area contributed by atoms with Gasteiger partial charge in [0.25, 0.3) is 0 Å². The highest BCUT2D eigenvalue weighted by molar-refractivity contribution is 6.76. The molecule has 4 heterocycles. The van der Waals surface area contributed by atoms with E-state index in [4.69, 9.17) is 24.3 Å². The van der Waals surface area contributed by atoms with Gasteiger partial charge in [-0.25, -0.2) is 14.5 Å². The summed E-state index contributed by atoms with van der Waals surface area (Å²) in [5, 5.41) is 5.98. The lowest BCUT2D eigenvalue weighted by atomic mass is 9.99. The van der Waals surface area contributed by atoms with Crippen LogP contribution in [0, 0.1) is 0 Å². The van der Waals surface area contributed by atoms with Gasteiger partial charge in [0.1, 0.15) is 12.3 Å². The Labute approximate surface area is 215 Å². The standard InChI is InChI=1S/C27H40N4O4Si/c1-27(2,3)35-26(32)30-11-7-21(8-12-30)24-23-17-22(20-9-13-33-14-10-20)18-28-25(23)31(29-24)19-34-15-16-36(4,5)6/h7,9,17-18H,8,10-16,19H2,1-6H3. The largest absolute Gasteiger partial charge is 0.444 e. The van der Waals surface area contributed by atoms with E-state index >= 15 is 0 Å². The van der Waals surface area contributed by atoms with Crippen LogP contribution in [-0.4, -0.2) is 72.3 Å². The van der Waals surface area contributed by atoms with E-state index in [1.807, 2.05) is 31.6 Å². The Hall–Kier alpha value is -2.49. The summed E-state index contributed by atoms with van der Waals surface area (Å²) >= 11 is 0. The SMILES string of the molecule is CC(C)(C)OC(=O)N1CC=C(c2nn(COCC[Si](C)(C)C)c3ncc(C4=CCOCC4)cc23)CC1. The number of fused-ring (bicyclic) bond motifs is 1. The molecule has 2 aliphatic heterocycles. The fourth-order valence-electron chi connectivity index (χ4n) is 4.26. The van der Waals surface area contributed by atoms with Crippen LogP contribution in [0.1, 0.15) is 44.9 Å². The average Bonchev–Trinajstić information content (AvgIpc) is 3.19. The molecular weight excluding hydrogens is 472 g/mol. The number of aromatic nitrogens is 3. The number of carbonyl (C=O) groups excluding carboxylic acids is 1. The van der Waals surface area contributed by atoms with Gasteiger partial charge in [-0.2, -0.15) is 5.10 Å². The van der Waals surface area contributed by atoms with Crippen LogP contribution >= 0.6 is 0 Å². The molecule has 0 N–H and O–H groups in total. The second-order valence-electron chi connectivity index (χ2n) is 11.8. The maximum atomic E-state index is 12.5.